The van der Waals surface area contributed by atoms with E-state index < -0.39 is 17.9 Å². The molecule has 0 saturated carbocycles. The van der Waals surface area contributed by atoms with Crippen LogP contribution >= 0.6 is 11.6 Å². The topological polar surface area (TPSA) is 78.4 Å². The smallest absolute Gasteiger partial charge is 0.313 e. The van der Waals surface area contributed by atoms with E-state index in [1.54, 1.807) is 37.3 Å². The summed E-state index contributed by atoms with van der Waals surface area (Å²) in [6.45, 7) is 3.61. The second-order valence-corrected chi connectivity index (χ2v) is 5.85. The van der Waals surface area contributed by atoms with Crippen molar-refractivity contribution >= 4 is 29.1 Å². The van der Waals surface area contributed by atoms with Crippen molar-refractivity contribution < 1.29 is 14.7 Å². The van der Waals surface area contributed by atoms with Gasteiger partial charge < -0.3 is 15.7 Å². The second-order valence-electron chi connectivity index (χ2n) is 5.47. The van der Waals surface area contributed by atoms with Gasteiger partial charge >= 0.3 is 11.8 Å². The molecule has 0 spiro atoms. The summed E-state index contributed by atoms with van der Waals surface area (Å²) in [4.78, 5) is 23.8. The third-order valence-electron chi connectivity index (χ3n) is 3.65. The zero-order chi connectivity index (χ0) is 17.7. The molecule has 0 bridgehead atoms. The number of carbonyl (C=O) groups excluding carboxylic acids is 2. The lowest BCUT2D eigenvalue weighted by Crippen LogP contribution is -2.37. The van der Waals surface area contributed by atoms with Gasteiger partial charge in [0.2, 0.25) is 0 Å². The molecule has 0 radical (unpaired) electrons. The Morgan fingerprint density at radius 1 is 1.04 bits per heavy atom. The van der Waals surface area contributed by atoms with Crippen molar-refractivity contribution in [2.45, 2.75) is 20.0 Å². The largest absolute Gasteiger partial charge is 0.387 e. The van der Waals surface area contributed by atoms with Crippen LogP contribution in [0.15, 0.2) is 42.5 Å². The third kappa shape index (κ3) is 4.34. The molecule has 2 aromatic carbocycles. The van der Waals surface area contributed by atoms with Crippen LogP contribution in [0.1, 0.15) is 22.8 Å². The lowest BCUT2D eigenvalue weighted by molar-refractivity contribution is -0.136. The first-order valence-corrected chi connectivity index (χ1v) is 7.86. The van der Waals surface area contributed by atoms with E-state index in [4.69, 9.17) is 11.6 Å². The van der Waals surface area contributed by atoms with E-state index in [9.17, 15) is 14.7 Å². The number of carbonyl (C=O) groups is 2. The molecule has 0 saturated heterocycles. The van der Waals surface area contributed by atoms with E-state index in [1.807, 2.05) is 19.1 Å². The molecule has 0 aliphatic rings. The van der Waals surface area contributed by atoms with Gasteiger partial charge in [0, 0.05) is 6.54 Å². The number of amides is 2. The first kappa shape index (κ1) is 18.0. The van der Waals surface area contributed by atoms with Crippen LogP contribution in [0.4, 0.5) is 5.69 Å². The van der Waals surface area contributed by atoms with Crippen LogP contribution in [0, 0.1) is 13.8 Å². The minimum absolute atomic E-state index is 0.0569. The molecule has 0 aliphatic heterocycles. The Kier molecular flexibility index (Phi) is 5.95. The number of hydrogen-bond acceptors (Lipinski definition) is 3. The lowest BCUT2D eigenvalue weighted by atomic mass is 10.0. The van der Waals surface area contributed by atoms with E-state index in [0.29, 0.717) is 16.3 Å². The van der Waals surface area contributed by atoms with Gasteiger partial charge in [0.05, 0.1) is 16.8 Å². The van der Waals surface area contributed by atoms with E-state index >= 15 is 0 Å². The third-order valence-corrected chi connectivity index (χ3v) is 4.15. The molecule has 0 fully saturated rings. The Balaban J connectivity index is 1.94. The fourth-order valence-electron chi connectivity index (χ4n) is 2.26. The summed E-state index contributed by atoms with van der Waals surface area (Å²) in [5.41, 5.74) is 2.79. The van der Waals surface area contributed by atoms with Crippen LogP contribution in [0.2, 0.25) is 5.02 Å². The van der Waals surface area contributed by atoms with E-state index in [2.05, 4.69) is 10.6 Å². The molecule has 24 heavy (non-hydrogen) atoms. The summed E-state index contributed by atoms with van der Waals surface area (Å²) < 4.78 is 0. The Bertz CT molecular complexity index is 762. The number of aliphatic hydroxyl groups is 1. The highest BCUT2D eigenvalue weighted by Crippen LogP contribution is 2.24. The van der Waals surface area contributed by atoms with E-state index in [0.717, 1.165) is 11.1 Å². The van der Waals surface area contributed by atoms with Crippen molar-refractivity contribution in [2.75, 3.05) is 11.9 Å². The molecular weight excluding hydrogens is 328 g/mol. The Hall–Kier alpha value is -2.37. The molecule has 3 N–H and O–H groups in total. The molecule has 126 valence electrons. The highest BCUT2D eigenvalue weighted by atomic mass is 35.5. The van der Waals surface area contributed by atoms with E-state index in [-0.39, 0.29) is 6.54 Å². The quantitative estimate of drug-likeness (QED) is 0.745. The maximum atomic E-state index is 11.9. The summed E-state index contributed by atoms with van der Waals surface area (Å²) in [7, 11) is 0. The summed E-state index contributed by atoms with van der Waals surface area (Å²) in [6, 6.07) is 12.5. The van der Waals surface area contributed by atoms with Crippen molar-refractivity contribution in [1.82, 2.24) is 5.32 Å². The SMILES string of the molecule is Cc1ccccc1C(O)CNC(=O)C(=O)Nc1cccc(C)c1Cl. The molecule has 6 heteroatoms. The first-order valence-electron chi connectivity index (χ1n) is 7.48. The van der Waals surface area contributed by atoms with Gasteiger partial charge in [-0.1, -0.05) is 48.0 Å². The van der Waals surface area contributed by atoms with Crippen molar-refractivity contribution in [2.24, 2.45) is 0 Å². The number of rotatable bonds is 4. The summed E-state index contributed by atoms with van der Waals surface area (Å²) >= 11 is 6.08. The Labute approximate surface area is 145 Å². The van der Waals surface area contributed by atoms with Crippen LogP contribution < -0.4 is 10.6 Å². The standard InChI is InChI=1S/C18H19ClN2O3/c1-11-6-3-4-8-13(11)15(22)10-20-17(23)18(24)21-14-9-5-7-12(2)16(14)19/h3-9,15,22H,10H2,1-2H3,(H,20,23)(H,21,24). The van der Waals surface area contributed by atoms with Gasteiger partial charge in [-0.2, -0.15) is 0 Å². The maximum Gasteiger partial charge on any atom is 0.313 e. The highest BCUT2D eigenvalue weighted by molar-refractivity contribution is 6.41. The fourth-order valence-corrected chi connectivity index (χ4v) is 2.44. The summed E-state index contributed by atoms with van der Waals surface area (Å²) in [6.07, 6.45) is -0.884. The number of anilines is 1. The van der Waals surface area contributed by atoms with Gasteiger partial charge in [-0.15, -0.1) is 0 Å². The lowest BCUT2D eigenvalue weighted by Gasteiger charge is -2.14. The number of aryl methyl sites for hydroxylation is 2. The van der Waals surface area contributed by atoms with Gasteiger partial charge in [0.15, 0.2) is 0 Å². The van der Waals surface area contributed by atoms with Crippen molar-refractivity contribution in [3.63, 3.8) is 0 Å². The minimum Gasteiger partial charge on any atom is -0.387 e. The number of hydrogen-bond donors (Lipinski definition) is 3. The maximum absolute atomic E-state index is 11.9. The fraction of sp³-hybridized carbons (Fsp3) is 0.222. The van der Waals surface area contributed by atoms with Crippen LogP contribution in [-0.2, 0) is 9.59 Å². The summed E-state index contributed by atoms with van der Waals surface area (Å²) in [5.74, 6) is -1.67. The average molecular weight is 347 g/mol. The molecular formula is C18H19ClN2O3. The molecule has 2 rings (SSSR count). The van der Waals surface area contributed by atoms with Gasteiger partial charge in [-0.3, -0.25) is 9.59 Å². The van der Waals surface area contributed by atoms with Gasteiger partial charge in [0.1, 0.15) is 0 Å². The first-order chi connectivity index (χ1) is 11.4. The van der Waals surface area contributed by atoms with Crippen molar-refractivity contribution in [1.29, 1.82) is 0 Å². The molecule has 1 unspecified atom stereocenters. The van der Waals surface area contributed by atoms with Gasteiger partial charge in [-0.25, -0.2) is 0 Å². The van der Waals surface area contributed by atoms with Crippen molar-refractivity contribution in [3.05, 3.63) is 64.2 Å². The molecule has 2 amide bonds. The second kappa shape index (κ2) is 7.95. The van der Waals surface area contributed by atoms with Crippen LogP contribution in [-0.4, -0.2) is 23.5 Å². The molecule has 1 atom stereocenters. The monoisotopic (exact) mass is 346 g/mol. The van der Waals surface area contributed by atoms with Crippen LogP contribution in [0.25, 0.3) is 0 Å². The molecule has 0 heterocycles. The zero-order valence-corrected chi connectivity index (χ0v) is 14.2. The number of nitrogens with one attached hydrogen (secondary N) is 2. The highest BCUT2D eigenvalue weighted by Gasteiger charge is 2.18. The van der Waals surface area contributed by atoms with Gasteiger partial charge in [0.25, 0.3) is 0 Å². The van der Waals surface area contributed by atoms with Crippen LogP contribution in [0.3, 0.4) is 0 Å². The van der Waals surface area contributed by atoms with Crippen molar-refractivity contribution in [3.8, 4) is 0 Å². The molecule has 5 nitrogen and oxygen atoms in total. The average Bonchev–Trinajstić information content (AvgIpc) is 2.56. The van der Waals surface area contributed by atoms with Crippen LogP contribution in [0.5, 0.6) is 0 Å². The number of benzene rings is 2. The Morgan fingerprint density at radius 3 is 2.42 bits per heavy atom. The van der Waals surface area contributed by atoms with Gasteiger partial charge in [-0.05, 0) is 36.6 Å². The summed E-state index contributed by atoms with van der Waals surface area (Å²) in [5, 5.41) is 15.4. The minimum atomic E-state index is -0.884. The number of aliphatic hydroxyl groups excluding tert-OH is 1. The zero-order valence-electron chi connectivity index (χ0n) is 13.5. The molecule has 2 aromatic rings. The predicted octanol–water partition coefficient (Wildman–Crippen LogP) is 2.75. The number of halogens is 1. The normalized spacial score (nSPS) is 11.7. The molecule has 0 aromatic heterocycles. The predicted molar refractivity (Wildman–Crippen MR) is 94.0 cm³/mol. The van der Waals surface area contributed by atoms with E-state index in [1.165, 1.54) is 0 Å². The Morgan fingerprint density at radius 2 is 1.71 bits per heavy atom. The molecule has 0 aliphatic carbocycles.